The summed E-state index contributed by atoms with van der Waals surface area (Å²) in [4.78, 5) is -0.345. The van der Waals surface area contributed by atoms with Crippen LogP contribution in [0.5, 0.6) is 0 Å². The molecule has 0 radical (unpaired) electrons. The van der Waals surface area contributed by atoms with Crippen LogP contribution in [0, 0.1) is 5.82 Å². The maximum absolute atomic E-state index is 14.3. The number of rotatable bonds is 9. The minimum Gasteiger partial charge on any atom is -0.385 e. The Balaban J connectivity index is 2.97. The van der Waals surface area contributed by atoms with Crippen LogP contribution in [-0.4, -0.2) is 35.2 Å². The average molecular weight is 383 g/mol. The minimum atomic E-state index is -3.88. The lowest BCUT2D eigenvalue weighted by Gasteiger charge is -2.12. The molecule has 0 atom stereocenters. The van der Waals surface area contributed by atoms with Gasteiger partial charge in [-0.1, -0.05) is 22.9 Å². The van der Waals surface area contributed by atoms with Gasteiger partial charge in [0.25, 0.3) is 0 Å². The first-order chi connectivity index (χ1) is 9.92. The van der Waals surface area contributed by atoms with Crippen molar-refractivity contribution in [3.63, 3.8) is 0 Å². The van der Waals surface area contributed by atoms with Crippen molar-refractivity contribution < 1.29 is 17.5 Å². The highest BCUT2D eigenvalue weighted by Crippen LogP contribution is 2.24. The van der Waals surface area contributed by atoms with Gasteiger partial charge in [-0.05, 0) is 25.1 Å². The Morgan fingerprint density at radius 2 is 2.10 bits per heavy atom. The Morgan fingerprint density at radius 3 is 2.71 bits per heavy atom. The fraction of sp³-hybridized carbons (Fsp3) is 0.538. The van der Waals surface area contributed by atoms with Crippen molar-refractivity contribution in [1.29, 1.82) is 0 Å². The lowest BCUT2D eigenvalue weighted by molar-refractivity contribution is 0.196. The first-order valence-electron chi connectivity index (χ1n) is 6.59. The number of halogens is 2. The molecule has 120 valence electrons. The van der Waals surface area contributed by atoms with E-state index >= 15 is 0 Å². The van der Waals surface area contributed by atoms with Crippen LogP contribution in [0.25, 0.3) is 0 Å². The molecule has 0 saturated carbocycles. The van der Waals surface area contributed by atoms with Gasteiger partial charge in [-0.2, -0.15) is 0 Å². The van der Waals surface area contributed by atoms with Gasteiger partial charge in [-0.3, -0.25) is 0 Å². The second-order valence-corrected chi connectivity index (χ2v) is 7.05. The highest BCUT2D eigenvalue weighted by atomic mass is 79.9. The number of ether oxygens (including phenoxy) is 1. The largest absolute Gasteiger partial charge is 0.385 e. The molecule has 1 aromatic rings. The van der Waals surface area contributed by atoms with E-state index in [2.05, 4.69) is 26.0 Å². The van der Waals surface area contributed by atoms with E-state index in [1.165, 1.54) is 13.2 Å². The van der Waals surface area contributed by atoms with E-state index in [1.54, 1.807) is 6.07 Å². The molecule has 1 aromatic carbocycles. The molecule has 0 spiro atoms. The molecule has 2 N–H and O–H groups in total. The fourth-order valence-electron chi connectivity index (χ4n) is 1.70. The van der Waals surface area contributed by atoms with Gasteiger partial charge < -0.3 is 10.1 Å². The van der Waals surface area contributed by atoms with Crippen molar-refractivity contribution >= 4 is 26.0 Å². The van der Waals surface area contributed by atoms with Crippen LogP contribution >= 0.6 is 15.9 Å². The Labute approximate surface area is 133 Å². The molecule has 0 amide bonds. The molecule has 5 nitrogen and oxygen atoms in total. The molecule has 0 saturated heterocycles. The van der Waals surface area contributed by atoms with Gasteiger partial charge in [-0.15, -0.1) is 0 Å². The highest BCUT2D eigenvalue weighted by molar-refractivity contribution is 9.10. The second kappa shape index (κ2) is 8.79. The maximum Gasteiger partial charge on any atom is 0.243 e. The molecule has 0 unspecified atom stereocenters. The van der Waals surface area contributed by atoms with E-state index in [4.69, 9.17) is 4.74 Å². The van der Waals surface area contributed by atoms with Crippen molar-refractivity contribution in [3.05, 3.63) is 28.0 Å². The zero-order chi connectivity index (χ0) is 15.9. The van der Waals surface area contributed by atoms with Gasteiger partial charge in [0, 0.05) is 36.8 Å². The number of sulfonamides is 1. The van der Waals surface area contributed by atoms with Crippen LogP contribution in [-0.2, 0) is 21.3 Å². The normalized spacial score (nSPS) is 11.8. The summed E-state index contributed by atoms with van der Waals surface area (Å²) < 4.78 is 46.4. The smallest absolute Gasteiger partial charge is 0.243 e. The molecule has 0 aromatic heterocycles. The third-order valence-corrected chi connectivity index (χ3v) is 4.67. The summed E-state index contributed by atoms with van der Waals surface area (Å²) in [7, 11) is -2.34. The summed E-state index contributed by atoms with van der Waals surface area (Å²) in [5.41, 5.74) is 0.309. The SMILES string of the molecule is CCNCc1cc(Br)cc(S(=O)(=O)NCCCOC)c1F. The Kier molecular flexibility index (Phi) is 7.75. The van der Waals surface area contributed by atoms with E-state index in [1.807, 2.05) is 6.92 Å². The summed E-state index contributed by atoms with van der Waals surface area (Å²) in [6.45, 7) is 3.47. The monoisotopic (exact) mass is 382 g/mol. The van der Waals surface area contributed by atoms with E-state index in [0.717, 1.165) is 0 Å². The third-order valence-electron chi connectivity index (χ3n) is 2.75. The van der Waals surface area contributed by atoms with E-state index in [0.29, 0.717) is 29.6 Å². The molecule has 0 aliphatic rings. The molecular weight excluding hydrogens is 363 g/mol. The molecule has 0 aliphatic heterocycles. The molecular formula is C13H20BrFN2O3S. The van der Waals surface area contributed by atoms with Crippen LogP contribution < -0.4 is 10.0 Å². The van der Waals surface area contributed by atoms with Crippen molar-refractivity contribution in [2.45, 2.75) is 24.8 Å². The summed E-state index contributed by atoms with van der Waals surface area (Å²) in [5, 5.41) is 2.98. The Morgan fingerprint density at radius 1 is 1.38 bits per heavy atom. The highest BCUT2D eigenvalue weighted by Gasteiger charge is 2.21. The lowest BCUT2D eigenvalue weighted by atomic mass is 10.2. The third kappa shape index (κ3) is 5.63. The molecule has 8 heteroatoms. The second-order valence-electron chi connectivity index (χ2n) is 4.40. The summed E-state index contributed by atoms with van der Waals surface area (Å²) in [6.07, 6.45) is 0.523. The first-order valence-corrected chi connectivity index (χ1v) is 8.87. The number of nitrogens with one attached hydrogen (secondary N) is 2. The summed E-state index contributed by atoms with van der Waals surface area (Å²) in [6, 6.07) is 2.84. The van der Waals surface area contributed by atoms with Gasteiger partial charge in [0.1, 0.15) is 10.7 Å². The zero-order valence-electron chi connectivity index (χ0n) is 12.1. The van der Waals surface area contributed by atoms with Crippen molar-refractivity contribution in [2.24, 2.45) is 0 Å². The fourth-order valence-corrected chi connectivity index (χ4v) is 3.58. The molecule has 1 rings (SSSR count). The van der Waals surface area contributed by atoms with Crippen LogP contribution in [0.2, 0.25) is 0 Å². The molecule has 0 heterocycles. The first kappa shape index (κ1) is 18.5. The standard InChI is InChI=1S/C13H20BrFN2O3S/c1-3-16-9-10-7-11(14)8-12(13(10)15)21(18,19)17-5-4-6-20-2/h7-8,16-17H,3-6,9H2,1-2H3. The minimum absolute atomic E-state index is 0.199. The van der Waals surface area contributed by atoms with Gasteiger partial charge in [0.05, 0.1) is 0 Å². The molecule has 21 heavy (non-hydrogen) atoms. The van der Waals surface area contributed by atoms with E-state index in [9.17, 15) is 12.8 Å². The van der Waals surface area contributed by atoms with Crippen LogP contribution in [0.15, 0.2) is 21.5 Å². The van der Waals surface area contributed by atoms with Crippen molar-refractivity contribution in [1.82, 2.24) is 10.0 Å². The Hall–Kier alpha value is -0.540. The van der Waals surface area contributed by atoms with Gasteiger partial charge in [0.15, 0.2) is 0 Å². The van der Waals surface area contributed by atoms with E-state index in [-0.39, 0.29) is 18.0 Å². The number of hydrogen-bond donors (Lipinski definition) is 2. The summed E-state index contributed by atoms with van der Waals surface area (Å²) >= 11 is 3.22. The lowest BCUT2D eigenvalue weighted by Crippen LogP contribution is -2.27. The topological polar surface area (TPSA) is 67.4 Å². The van der Waals surface area contributed by atoms with Crippen LogP contribution in [0.3, 0.4) is 0 Å². The maximum atomic E-state index is 14.3. The van der Waals surface area contributed by atoms with Crippen LogP contribution in [0.1, 0.15) is 18.9 Å². The molecule has 0 aliphatic carbocycles. The van der Waals surface area contributed by atoms with Crippen LogP contribution in [0.4, 0.5) is 4.39 Å². The van der Waals surface area contributed by atoms with E-state index < -0.39 is 15.8 Å². The van der Waals surface area contributed by atoms with Crippen molar-refractivity contribution in [2.75, 3.05) is 26.8 Å². The van der Waals surface area contributed by atoms with Gasteiger partial charge >= 0.3 is 0 Å². The predicted octanol–water partition coefficient (Wildman–Crippen LogP) is 2.01. The van der Waals surface area contributed by atoms with Gasteiger partial charge in [-0.25, -0.2) is 17.5 Å². The Bertz CT molecular complexity index is 567. The predicted molar refractivity (Wildman–Crippen MR) is 83.2 cm³/mol. The number of methoxy groups -OCH3 is 1. The average Bonchev–Trinajstić information content (AvgIpc) is 2.44. The molecule has 0 fully saturated rings. The number of benzene rings is 1. The number of hydrogen-bond acceptors (Lipinski definition) is 4. The van der Waals surface area contributed by atoms with Gasteiger partial charge in [0.2, 0.25) is 10.0 Å². The molecule has 0 bridgehead atoms. The summed E-state index contributed by atoms with van der Waals surface area (Å²) in [5.74, 6) is -0.724. The van der Waals surface area contributed by atoms with Crippen molar-refractivity contribution in [3.8, 4) is 0 Å². The zero-order valence-corrected chi connectivity index (χ0v) is 14.5. The quantitative estimate of drug-likeness (QED) is 0.641.